The summed E-state index contributed by atoms with van der Waals surface area (Å²) in [6.07, 6.45) is 1.20. The van der Waals surface area contributed by atoms with Crippen LogP contribution in [0.5, 0.6) is 0 Å². The maximum absolute atomic E-state index is 11.2. The first kappa shape index (κ1) is 18.8. The second-order valence-electron chi connectivity index (χ2n) is 4.37. The van der Waals surface area contributed by atoms with Gasteiger partial charge < -0.3 is 5.32 Å². The van der Waals surface area contributed by atoms with E-state index in [0.29, 0.717) is 13.1 Å². The number of halogens is 1. The lowest BCUT2D eigenvalue weighted by Crippen LogP contribution is -2.21. The molecule has 0 unspecified atom stereocenters. The highest BCUT2D eigenvalue weighted by Gasteiger charge is 2.14. The van der Waals surface area contributed by atoms with E-state index in [1.165, 1.54) is 17.6 Å². The lowest BCUT2D eigenvalue weighted by molar-refractivity contribution is 0.596. The number of sulfonamides is 1. The van der Waals surface area contributed by atoms with E-state index in [0.717, 1.165) is 25.6 Å². The van der Waals surface area contributed by atoms with Gasteiger partial charge in [-0.3, -0.25) is 0 Å². The number of nitrogens with one attached hydrogen (secondary N) is 1. The molecule has 0 saturated carbocycles. The Kier molecular flexibility index (Phi) is 6.18. The van der Waals surface area contributed by atoms with Crippen LogP contribution in [0.4, 0.5) is 0 Å². The molecule has 11 heteroatoms. The van der Waals surface area contributed by atoms with Crippen molar-refractivity contribution < 1.29 is 16.8 Å². The largest absolute Gasteiger partial charge is 0.311 e. The fourth-order valence-corrected chi connectivity index (χ4v) is 5.44. The zero-order chi connectivity index (χ0) is 15.0. The molecule has 120 valence electrons. The minimum Gasteiger partial charge on any atom is -0.311 e. The van der Waals surface area contributed by atoms with E-state index in [9.17, 15) is 16.8 Å². The second kappa shape index (κ2) is 6.90. The van der Waals surface area contributed by atoms with Gasteiger partial charge in [0.25, 0.3) is 0 Å². The van der Waals surface area contributed by atoms with Crippen molar-refractivity contribution in [3.63, 3.8) is 0 Å². The predicted molar refractivity (Wildman–Crippen MR) is 89.7 cm³/mol. The van der Waals surface area contributed by atoms with Crippen LogP contribution in [0, 0.1) is 0 Å². The zero-order valence-electron chi connectivity index (χ0n) is 11.0. The summed E-state index contributed by atoms with van der Waals surface area (Å²) in [5, 5.41) is 8.97. The van der Waals surface area contributed by atoms with Gasteiger partial charge in [-0.25, -0.2) is 22.0 Å². The summed E-state index contributed by atoms with van der Waals surface area (Å²) in [6.45, 7) is 0.957. The maximum atomic E-state index is 11.2. The molecule has 3 N–H and O–H groups in total. The molecular formula is C10H15ClN2O4S4. The van der Waals surface area contributed by atoms with Crippen molar-refractivity contribution in [1.29, 1.82) is 0 Å². The summed E-state index contributed by atoms with van der Waals surface area (Å²) in [5.74, 6) is 0.0995. The van der Waals surface area contributed by atoms with Gasteiger partial charge in [-0.05, 0) is 12.1 Å². The number of primary sulfonamides is 1. The van der Waals surface area contributed by atoms with E-state index >= 15 is 0 Å². The summed E-state index contributed by atoms with van der Waals surface area (Å²) in [6, 6.07) is 3.45. The molecule has 0 aliphatic carbocycles. The highest BCUT2D eigenvalue weighted by Crippen LogP contribution is 2.35. The standard InChI is InChI=1S/C10H14N2O4S4.ClH/c1-19(13,14)3-2-12-6-8-4-7-5-9(20(11,15)16)18-10(7)17-8;/h4-5,12H,2-3,6H2,1H3,(H2,11,15,16);1H. The molecule has 2 heterocycles. The first-order valence-electron chi connectivity index (χ1n) is 5.59. The highest BCUT2D eigenvalue weighted by atomic mass is 35.5. The van der Waals surface area contributed by atoms with Crippen molar-refractivity contribution >= 4 is 64.3 Å². The smallest absolute Gasteiger partial charge is 0.247 e. The molecule has 2 rings (SSSR count). The lowest BCUT2D eigenvalue weighted by atomic mass is 10.3. The van der Waals surface area contributed by atoms with Gasteiger partial charge in [-0.15, -0.1) is 35.1 Å². The van der Waals surface area contributed by atoms with Crippen molar-refractivity contribution in [2.75, 3.05) is 18.6 Å². The summed E-state index contributed by atoms with van der Waals surface area (Å²) >= 11 is 2.63. The van der Waals surface area contributed by atoms with Crippen LogP contribution in [0.1, 0.15) is 4.88 Å². The van der Waals surface area contributed by atoms with Crippen molar-refractivity contribution in [1.82, 2.24) is 5.32 Å². The number of thiophene rings is 2. The van der Waals surface area contributed by atoms with Crippen LogP contribution < -0.4 is 10.5 Å². The number of nitrogens with two attached hydrogens (primary N) is 1. The SMILES string of the molecule is CS(=O)(=O)CCNCc1cc2cc(S(N)(=O)=O)sc2s1.Cl. The Morgan fingerprint density at radius 3 is 2.38 bits per heavy atom. The van der Waals surface area contributed by atoms with Crippen LogP contribution in [0.15, 0.2) is 16.3 Å². The third kappa shape index (κ3) is 5.47. The van der Waals surface area contributed by atoms with Crippen LogP contribution >= 0.6 is 35.1 Å². The van der Waals surface area contributed by atoms with Crippen molar-refractivity contribution in [2.45, 2.75) is 10.8 Å². The molecule has 0 bridgehead atoms. The molecule has 2 aromatic heterocycles. The Morgan fingerprint density at radius 1 is 1.19 bits per heavy atom. The maximum Gasteiger partial charge on any atom is 0.247 e. The summed E-state index contributed by atoms with van der Waals surface area (Å²) in [4.78, 5) is 1.03. The van der Waals surface area contributed by atoms with Crippen LogP contribution in [-0.4, -0.2) is 35.4 Å². The Morgan fingerprint density at radius 2 is 1.86 bits per heavy atom. The monoisotopic (exact) mass is 390 g/mol. The van der Waals surface area contributed by atoms with Crippen LogP contribution in [-0.2, 0) is 26.4 Å². The molecule has 0 aromatic carbocycles. The zero-order valence-corrected chi connectivity index (χ0v) is 15.1. The van der Waals surface area contributed by atoms with Gasteiger partial charge in [0.05, 0.1) is 9.77 Å². The average Bonchev–Trinajstić information content (AvgIpc) is 2.79. The van der Waals surface area contributed by atoms with Gasteiger partial charge in [-0.1, -0.05) is 0 Å². The molecule has 0 spiro atoms. The van der Waals surface area contributed by atoms with E-state index in [2.05, 4.69) is 5.32 Å². The van der Waals surface area contributed by atoms with Gasteiger partial charge in [0.15, 0.2) is 0 Å². The topological polar surface area (TPSA) is 106 Å². The second-order valence-corrected chi connectivity index (χ2v) is 10.9. The first-order chi connectivity index (χ1) is 9.15. The Labute approximate surface area is 137 Å². The molecule has 0 amide bonds. The summed E-state index contributed by atoms with van der Waals surface area (Å²) in [5.41, 5.74) is 0. The fourth-order valence-electron chi connectivity index (χ4n) is 1.56. The van der Waals surface area contributed by atoms with Crippen molar-refractivity contribution in [2.24, 2.45) is 5.14 Å². The third-order valence-electron chi connectivity index (χ3n) is 2.47. The molecule has 0 saturated heterocycles. The number of fused-ring (bicyclic) bond motifs is 1. The first-order valence-corrected chi connectivity index (χ1v) is 10.8. The number of rotatable bonds is 6. The average molecular weight is 391 g/mol. The lowest BCUT2D eigenvalue weighted by Gasteiger charge is -2.01. The van der Waals surface area contributed by atoms with Gasteiger partial charge in [0.2, 0.25) is 10.0 Å². The van der Waals surface area contributed by atoms with E-state index in [4.69, 9.17) is 5.14 Å². The fraction of sp³-hybridized carbons (Fsp3) is 0.400. The molecule has 0 radical (unpaired) electrons. The van der Waals surface area contributed by atoms with Crippen molar-refractivity contribution in [3.8, 4) is 0 Å². The van der Waals surface area contributed by atoms with E-state index in [-0.39, 0.29) is 22.4 Å². The van der Waals surface area contributed by atoms with E-state index < -0.39 is 19.9 Å². The predicted octanol–water partition coefficient (Wildman–Crippen LogP) is 1.17. The summed E-state index contributed by atoms with van der Waals surface area (Å²) in [7, 11) is -6.59. The van der Waals surface area contributed by atoms with Crippen molar-refractivity contribution in [3.05, 3.63) is 17.0 Å². The van der Waals surface area contributed by atoms with Gasteiger partial charge in [0, 0.05) is 29.6 Å². The van der Waals surface area contributed by atoms with Gasteiger partial charge >= 0.3 is 0 Å². The number of sulfone groups is 1. The Bertz CT molecular complexity index is 791. The quantitative estimate of drug-likeness (QED) is 0.720. The van der Waals surface area contributed by atoms with E-state index in [1.807, 2.05) is 6.07 Å². The number of hydrogen-bond acceptors (Lipinski definition) is 7. The molecule has 0 fully saturated rings. The molecule has 6 nitrogen and oxygen atoms in total. The highest BCUT2D eigenvalue weighted by molar-refractivity contribution is 7.91. The summed E-state index contributed by atoms with van der Waals surface area (Å²) < 4.78 is 45.4. The molecular weight excluding hydrogens is 376 g/mol. The molecule has 2 aromatic rings. The van der Waals surface area contributed by atoms with Gasteiger partial charge in [0.1, 0.15) is 14.0 Å². The number of hydrogen-bond donors (Lipinski definition) is 2. The molecule has 0 aliphatic rings. The third-order valence-corrected chi connectivity index (χ3v) is 7.23. The van der Waals surface area contributed by atoms with Gasteiger partial charge in [-0.2, -0.15) is 0 Å². The van der Waals surface area contributed by atoms with E-state index in [1.54, 1.807) is 6.07 Å². The minimum atomic E-state index is -3.64. The Balaban J connectivity index is 0.00000220. The minimum absolute atomic E-state index is 0. The van der Waals surface area contributed by atoms with Crippen LogP contribution in [0.25, 0.3) is 9.40 Å². The van der Waals surface area contributed by atoms with Crippen LogP contribution in [0.2, 0.25) is 0 Å². The normalized spacial score (nSPS) is 12.5. The molecule has 0 aliphatic heterocycles. The molecule has 0 atom stereocenters. The Hall–Kier alpha value is -0.230. The molecule has 21 heavy (non-hydrogen) atoms. The van der Waals surface area contributed by atoms with Crippen LogP contribution in [0.3, 0.4) is 0 Å².